The molecule has 0 spiro atoms. The highest BCUT2D eigenvalue weighted by Crippen LogP contribution is 2.05. The van der Waals surface area contributed by atoms with Crippen LogP contribution in [0.3, 0.4) is 0 Å². The highest BCUT2D eigenvalue weighted by molar-refractivity contribution is 5.15. The number of halogens is 1. The fourth-order valence-corrected chi connectivity index (χ4v) is 1.43. The first-order chi connectivity index (χ1) is 7.22. The molecule has 2 heteroatoms. The summed E-state index contributed by atoms with van der Waals surface area (Å²) in [5, 5.41) is 0. The molecule has 15 heavy (non-hydrogen) atoms. The second kappa shape index (κ2) is 6.21. The van der Waals surface area contributed by atoms with E-state index in [-0.39, 0.29) is 5.82 Å². The van der Waals surface area contributed by atoms with Crippen LogP contribution in [-0.2, 0) is 6.54 Å². The van der Waals surface area contributed by atoms with Crippen molar-refractivity contribution in [3.05, 3.63) is 35.6 Å². The summed E-state index contributed by atoms with van der Waals surface area (Å²) in [4.78, 5) is 2.19. The smallest absolute Gasteiger partial charge is 0.123 e. The zero-order valence-corrected chi connectivity index (χ0v) is 9.04. The fraction of sp³-hybridized carbons (Fsp3) is 0.385. The third kappa shape index (κ3) is 4.62. The first kappa shape index (κ1) is 11.7. The Morgan fingerprint density at radius 1 is 1.33 bits per heavy atom. The van der Waals surface area contributed by atoms with Crippen LogP contribution >= 0.6 is 0 Å². The molecular formula is C13H16FN. The molecule has 0 radical (unpaired) electrons. The second-order valence-electron chi connectivity index (χ2n) is 3.67. The van der Waals surface area contributed by atoms with Crippen molar-refractivity contribution in [3.8, 4) is 12.3 Å². The van der Waals surface area contributed by atoms with E-state index >= 15 is 0 Å². The summed E-state index contributed by atoms with van der Waals surface area (Å²) in [7, 11) is 2.04. The predicted molar refractivity (Wildman–Crippen MR) is 60.8 cm³/mol. The lowest BCUT2D eigenvalue weighted by molar-refractivity contribution is 0.323. The van der Waals surface area contributed by atoms with E-state index < -0.39 is 0 Å². The summed E-state index contributed by atoms with van der Waals surface area (Å²) in [6, 6.07) is 6.61. The Labute approximate surface area is 90.9 Å². The van der Waals surface area contributed by atoms with Gasteiger partial charge >= 0.3 is 0 Å². The molecule has 1 aromatic rings. The third-order valence-electron chi connectivity index (χ3n) is 2.23. The van der Waals surface area contributed by atoms with Crippen LogP contribution in [0.2, 0.25) is 0 Å². The van der Waals surface area contributed by atoms with E-state index in [1.807, 2.05) is 19.2 Å². The van der Waals surface area contributed by atoms with E-state index in [4.69, 9.17) is 6.42 Å². The van der Waals surface area contributed by atoms with Gasteiger partial charge in [0.1, 0.15) is 5.82 Å². The minimum absolute atomic E-state index is 0.186. The first-order valence-corrected chi connectivity index (χ1v) is 5.09. The van der Waals surface area contributed by atoms with Crippen LogP contribution in [0.15, 0.2) is 24.3 Å². The van der Waals surface area contributed by atoms with Gasteiger partial charge in [-0.05, 0) is 37.7 Å². The third-order valence-corrected chi connectivity index (χ3v) is 2.23. The van der Waals surface area contributed by atoms with E-state index in [2.05, 4.69) is 10.8 Å². The van der Waals surface area contributed by atoms with E-state index in [1.165, 1.54) is 12.1 Å². The van der Waals surface area contributed by atoms with Crippen molar-refractivity contribution in [2.75, 3.05) is 13.6 Å². The lowest BCUT2D eigenvalue weighted by Gasteiger charge is -2.15. The molecule has 0 amide bonds. The molecule has 0 fully saturated rings. The molecule has 0 atom stereocenters. The van der Waals surface area contributed by atoms with E-state index in [1.54, 1.807) is 0 Å². The van der Waals surface area contributed by atoms with Gasteiger partial charge in [-0.1, -0.05) is 12.1 Å². The van der Waals surface area contributed by atoms with Crippen LogP contribution in [-0.4, -0.2) is 18.5 Å². The Hall–Kier alpha value is -1.33. The zero-order valence-electron chi connectivity index (χ0n) is 9.04. The van der Waals surface area contributed by atoms with Crippen molar-refractivity contribution >= 4 is 0 Å². The summed E-state index contributed by atoms with van der Waals surface area (Å²) in [6.45, 7) is 1.81. The fourth-order valence-electron chi connectivity index (χ4n) is 1.43. The number of rotatable bonds is 5. The van der Waals surface area contributed by atoms with Gasteiger partial charge in [-0.25, -0.2) is 4.39 Å². The molecule has 0 bridgehead atoms. The Kier molecular flexibility index (Phi) is 4.86. The van der Waals surface area contributed by atoms with Crippen molar-refractivity contribution in [1.82, 2.24) is 4.90 Å². The molecular weight excluding hydrogens is 189 g/mol. The lowest BCUT2D eigenvalue weighted by Crippen LogP contribution is -2.18. The molecule has 1 aromatic carbocycles. The van der Waals surface area contributed by atoms with Crippen molar-refractivity contribution in [2.45, 2.75) is 19.4 Å². The quantitative estimate of drug-likeness (QED) is 0.527. The van der Waals surface area contributed by atoms with Gasteiger partial charge in [0.2, 0.25) is 0 Å². The average Bonchev–Trinajstić information content (AvgIpc) is 2.22. The number of unbranched alkanes of at least 4 members (excludes halogenated alkanes) is 1. The Balaban J connectivity index is 2.34. The highest BCUT2D eigenvalue weighted by Gasteiger charge is 1.99. The maximum Gasteiger partial charge on any atom is 0.123 e. The van der Waals surface area contributed by atoms with Crippen molar-refractivity contribution in [1.29, 1.82) is 0 Å². The Morgan fingerprint density at radius 3 is 2.60 bits per heavy atom. The molecule has 0 unspecified atom stereocenters. The van der Waals surface area contributed by atoms with Crippen molar-refractivity contribution in [2.24, 2.45) is 0 Å². The molecule has 1 rings (SSSR count). The minimum Gasteiger partial charge on any atom is -0.302 e. The summed E-state index contributed by atoms with van der Waals surface area (Å²) < 4.78 is 12.6. The molecule has 80 valence electrons. The lowest BCUT2D eigenvalue weighted by atomic mass is 10.2. The minimum atomic E-state index is -0.186. The van der Waals surface area contributed by atoms with Crippen LogP contribution in [0, 0.1) is 18.2 Å². The number of hydrogen-bond acceptors (Lipinski definition) is 1. The predicted octanol–water partition coefficient (Wildman–Crippen LogP) is 2.67. The van der Waals surface area contributed by atoms with Gasteiger partial charge in [0, 0.05) is 13.0 Å². The van der Waals surface area contributed by atoms with Gasteiger partial charge in [-0.2, -0.15) is 0 Å². The number of hydrogen-bond donors (Lipinski definition) is 0. The van der Waals surface area contributed by atoms with Crippen LogP contribution in [0.5, 0.6) is 0 Å². The average molecular weight is 205 g/mol. The summed E-state index contributed by atoms with van der Waals surface area (Å²) >= 11 is 0. The maximum absolute atomic E-state index is 12.6. The van der Waals surface area contributed by atoms with Crippen molar-refractivity contribution < 1.29 is 4.39 Å². The summed E-state index contributed by atoms with van der Waals surface area (Å²) in [6.07, 6.45) is 7.00. The molecule has 0 aliphatic carbocycles. The Morgan fingerprint density at radius 2 is 2.00 bits per heavy atom. The summed E-state index contributed by atoms with van der Waals surface area (Å²) in [5.74, 6) is 2.43. The molecule has 0 aliphatic heterocycles. The molecule has 0 saturated carbocycles. The normalized spacial score (nSPS) is 10.3. The Bertz CT molecular complexity index is 323. The van der Waals surface area contributed by atoms with Gasteiger partial charge in [0.15, 0.2) is 0 Å². The van der Waals surface area contributed by atoms with E-state index in [0.717, 1.165) is 31.5 Å². The van der Waals surface area contributed by atoms with Gasteiger partial charge in [-0.3, -0.25) is 0 Å². The number of benzene rings is 1. The molecule has 0 aliphatic rings. The van der Waals surface area contributed by atoms with Crippen LogP contribution < -0.4 is 0 Å². The first-order valence-electron chi connectivity index (χ1n) is 5.09. The van der Waals surface area contributed by atoms with Crippen LogP contribution in [0.4, 0.5) is 4.39 Å². The maximum atomic E-state index is 12.6. The standard InChI is InChI=1S/C13H16FN/c1-3-4-5-10-15(2)11-12-6-8-13(14)9-7-12/h1,6-9H,4-5,10-11H2,2H3. The highest BCUT2D eigenvalue weighted by atomic mass is 19.1. The molecule has 0 aromatic heterocycles. The largest absolute Gasteiger partial charge is 0.302 e. The molecule has 0 saturated heterocycles. The number of terminal acetylenes is 1. The van der Waals surface area contributed by atoms with Crippen LogP contribution in [0.1, 0.15) is 18.4 Å². The molecule has 0 N–H and O–H groups in total. The second-order valence-corrected chi connectivity index (χ2v) is 3.67. The molecule has 0 heterocycles. The monoisotopic (exact) mass is 205 g/mol. The van der Waals surface area contributed by atoms with Crippen LogP contribution in [0.25, 0.3) is 0 Å². The van der Waals surface area contributed by atoms with E-state index in [0.29, 0.717) is 0 Å². The SMILES string of the molecule is C#CCCCN(C)Cc1ccc(F)cc1. The van der Waals surface area contributed by atoms with E-state index in [9.17, 15) is 4.39 Å². The van der Waals surface area contributed by atoms with Crippen molar-refractivity contribution in [3.63, 3.8) is 0 Å². The van der Waals surface area contributed by atoms with Gasteiger partial charge in [0.25, 0.3) is 0 Å². The molecule has 1 nitrogen and oxygen atoms in total. The summed E-state index contributed by atoms with van der Waals surface area (Å²) in [5.41, 5.74) is 1.12. The van der Waals surface area contributed by atoms with Gasteiger partial charge in [-0.15, -0.1) is 12.3 Å². The van der Waals surface area contributed by atoms with Gasteiger partial charge in [0.05, 0.1) is 0 Å². The van der Waals surface area contributed by atoms with Gasteiger partial charge < -0.3 is 4.90 Å². The number of nitrogens with zero attached hydrogens (tertiary/aromatic N) is 1. The zero-order chi connectivity index (χ0) is 11.1. The topological polar surface area (TPSA) is 3.24 Å².